The summed E-state index contributed by atoms with van der Waals surface area (Å²) in [5, 5.41) is 10.6. The third kappa shape index (κ3) is 2.06. The predicted octanol–water partition coefficient (Wildman–Crippen LogP) is 0.346. The van der Waals surface area contributed by atoms with Crippen LogP contribution >= 0.6 is 0 Å². The maximum atomic E-state index is 13.3. The topological polar surface area (TPSA) is 107 Å². The number of hydrogen-bond donors (Lipinski definition) is 2. The zero-order valence-electron chi connectivity index (χ0n) is 8.19. The Morgan fingerprint density at radius 3 is 2.69 bits per heavy atom. The van der Waals surface area contributed by atoms with E-state index in [-0.39, 0.29) is 5.56 Å². The first-order valence-corrected chi connectivity index (χ1v) is 4.04. The first-order valence-electron chi connectivity index (χ1n) is 4.04. The number of amides is 1. The van der Waals surface area contributed by atoms with Crippen molar-refractivity contribution in [3.05, 3.63) is 33.6 Å². The number of nitro benzene ring substituents is 1. The van der Waals surface area contributed by atoms with Crippen LogP contribution in [0.5, 0.6) is 5.75 Å². The minimum absolute atomic E-state index is 0.257. The van der Waals surface area contributed by atoms with Crippen LogP contribution in [0.25, 0.3) is 0 Å². The van der Waals surface area contributed by atoms with Crippen LogP contribution in [0.2, 0.25) is 0 Å². The van der Waals surface area contributed by atoms with E-state index in [4.69, 9.17) is 5.84 Å². The second-order valence-corrected chi connectivity index (χ2v) is 2.74. The lowest BCUT2D eigenvalue weighted by Gasteiger charge is -2.05. The summed E-state index contributed by atoms with van der Waals surface area (Å²) >= 11 is 0. The Kier molecular flexibility index (Phi) is 3.36. The van der Waals surface area contributed by atoms with Crippen LogP contribution < -0.4 is 16.0 Å². The van der Waals surface area contributed by atoms with E-state index in [2.05, 4.69) is 4.74 Å². The maximum absolute atomic E-state index is 13.3. The molecule has 7 nitrogen and oxygen atoms in total. The second-order valence-electron chi connectivity index (χ2n) is 2.74. The highest BCUT2D eigenvalue weighted by Gasteiger charge is 2.22. The Hall–Kier alpha value is -2.22. The molecule has 0 aliphatic carbocycles. The number of carbonyl (C=O) groups is 1. The zero-order valence-corrected chi connectivity index (χ0v) is 8.19. The number of nitrogens with two attached hydrogens (primary N) is 1. The molecule has 3 N–H and O–H groups in total. The number of halogens is 1. The molecule has 0 atom stereocenters. The van der Waals surface area contributed by atoms with Crippen LogP contribution in [-0.2, 0) is 0 Å². The average Bonchev–Trinajstić information content (AvgIpc) is 2.26. The Morgan fingerprint density at radius 1 is 1.62 bits per heavy atom. The minimum Gasteiger partial charge on any atom is -0.488 e. The average molecular weight is 229 g/mol. The Balaban J connectivity index is 3.39. The van der Waals surface area contributed by atoms with Crippen molar-refractivity contribution in [3.63, 3.8) is 0 Å². The largest absolute Gasteiger partial charge is 0.488 e. The molecule has 0 radical (unpaired) electrons. The van der Waals surface area contributed by atoms with Crippen molar-refractivity contribution in [2.24, 2.45) is 5.84 Å². The molecule has 0 aliphatic heterocycles. The fourth-order valence-corrected chi connectivity index (χ4v) is 1.13. The molecule has 8 heteroatoms. The van der Waals surface area contributed by atoms with Crippen molar-refractivity contribution in [3.8, 4) is 5.75 Å². The SMILES string of the molecule is COc1c(F)cc(C(=O)NN)cc1[N+](=O)[O-]. The van der Waals surface area contributed by atoms with E-state index < -0.39 is 28.1 Å². The van der Waals surface area contributed by atoms with Crippen molar-refractivity contribution in [2.45, 2.75) is 0 Å². The Labute approximate surface area is 89.1 Å². The van der Waals surface area contributed by atoms with Gasteiger partial charge in [0.2, 0.25) is 5.75 Å². The van der Waals surface area contributed by atoms with E-state index in [0.717, 1.165) is 19.2 Å². The lowest BCUT2D eigenvalue weighted by Crippen LogP contribution is -2.30. The number of methoxy groups -OCH3 is 1. The summed E-state index contributed by atoms with van der Waals surface area (Å²) in [6, 6.07) is 1.68. The van der Waals surface area contributed by atoms with Gasteiger partial charge in [0.15, 0.2) is 5.82 Å². The zero-order chi connectivity index (χ0) is 12.3. The summed E-state index contributed by atoms with van der Waals surface area (Å²) in [5.74, 6) is 2.47. The summed E-state index contributed by atoms with van der Waals surface area (Å²) in [6.45, 7) is 0. The van der Waals surface area contributed by atoms with Crippen molar-refractivity contribution < 1.29 is 18.8 Å². The van der Waals surface area contributed by atoms with Gasteiger partial charge in [-0.1, -0.05) is 0 Å². The fraction of sp³-hybridized carbons (Fsp3) is 0.125. The van der Waals surface area contributed by atoms with Crippen LogP contribution in [0.1, 0.15) is 10.4 Å². The number of hydrogen-bond acceptors (Lipinski definition) is 5. The normalized spacial score (nSPS) is 9.69. The fourth-order valence-electron chi connectivity index (χ4n) is 1.13. The van der Waals surface area contributed by atoms with Crippen LogP contribution in [0.15, 0.2) is 12.1 Å². The van der Waals surface area contributed by atoms with Crippen LogP contribution in [0.4, 0.5) is 10.1 Å². The van der Waals surface area contributed by atoms with E-state index in [1.165, 1.54) is 0 Å². The van der Waals surface area contributed by atoms with Crippen molar-refractivity contribution in [2.75, 3.05) is 7.11 Å². The summed E-state index contributed by atoms with van der Waals surface area (Å²) < 4.78 is 17.8. The number of nitro groups is 1. The molecule has 1 amide bonds. The number of hydrazine groups is 1. The monoisotopic (exact) mass is 229 g/mol. The first-order chi connectivity index (χ1) is 7.51. The lowest BCUT2D eigenvalue weighted by molar-refractivity contribution is -0.386. The molecule has 1 rings (SSSR count). The summed E-state index contributed by atoms with van der Waals surface area (Å²) in [6.07, 6.45) is 0. The molecular weight excluding hydrogens is 221 g/mol. The number of nitrogens with one attached hydrogen (secondary N) is 1. The number of carbonyl (C=O) groups excluding carboxylic acids is 1. The van der Waals surface area contributed by atoms with Crippen LogP contribution in [0, 0.1) is 15.9 Å². The molecule has 86 valence electrons. The third-order valence-corrected chi connectivity index (χ3v) is 1.82. The summed E-state index contributed by atoms with van der Waals surface area (Å²) in [7, 11) is 1.09. The van der Waals surface area contributed by atoms with Gasteiger partial charge in [0, 0.05) is 6.07 Å². The van der Waals surface area contributed by atoms with Gasteiger partial charge in [0.05, 0.1) is 17.6 Å². The quantitative estimate of drug-likeness (QED) is 0.336. The summed E-state index contributed by atoms with van der Waals surface area (Å²) in [4.78, 5) is 20.8. The summed E-state index contributed by atoms with van der Waals surface area (Å²) in [5.41, 5.74) is 0.848. The number of nitrogens with zero attached hydrogens (tertiary/aromatic N) is 1. The van der Waals surface area contributed by atoms with Gasteiger partial charge in [-0.15, -0.1) is 0 Å². The number of rotatable bonds is 3. The Morgan fingerprint density at radius 2 is 2.25 bits per heavy atom. The van der Waals surface area contributed by atoms with Crippen molar-refractivity contribution in [1.29, 1.82) is 0 Å². The van der Waals surface area contributed by atoms with E-state index in [1.54, 1.807) is 5.43 Å². The number of nitrogen functional groups attached to an aromatic ring is 1. The molecule has 1 aromatic rings. The van der Waals surface area contributed by atoms with Crippen molar-refractivity contribution in [1.82, 2.24) is 5.43 Å². The van der Waals surface area contributed by atoms with Gasteiger partial charge < -0.3 is 4.74 Å². The van der Waals surface area contributed by atoms with Crippen LogP contribution in [-0.4, -0.2) is 17.9 Å². The minimum atomic E-state index is -1.00. The first kappa shape index (κ1) is 11.9. The molecule has 1 aromatic carbocycles. The molecule has 0 spiro atoms. The number of ether oxygens (including phenoxy) is 1. The molecule has 0 saturated heterocycles. The highest BCUT2D eigenvalue weighted by Crippen LogP contribution is 2.30. The van der Waals surface area contributed by atoms with Crippen LogP contribution in [0.3, 0.4) is 0 Å². The van der Waals surface area contributed by atoms with Gasteiger partial charge in [-0.25, -0.2) is 10.2 Å². The molecule has 16 heavy (non-hydrogen) atoms. The highest BCUT2D eigenvalue weighted by molar-refractivity contribution is 5.94. The van der Waals surface area contributed by atoms with E-state index >= 15 is 0 Å². The van der Waals surface area contributed by atoms with E-state index in [1.807, 2.05) is 0 Å². The predicted molar refractivity (Wildman–Crippen MR) is 51.3 cm³/mol. The van der Waals surface area contributed by atoms with E-state index in [0.29, 0.717) is 0 Å². The van der Waals surface area contributed by atoms with Gasteiger partial charge in [-0.3, -0.25) is 20.3 Å². The standard InChI is InChI=1S/C8H8FN3O4/c1-16-7-5(9)2-4(8(13)11-10)3-6(7)12(14)15/h2-3H,10H2,1H3,(H,11,13). The van der Waals surface area contributed by atoms with Gasteiger partial charge in [-0.2, -0.15) is 0 Å². The molecule has 0 bridgehead atoms. The highest BCUT2D eigenvalue weighted by atomic mass is 19.1. The molecule has 0 aromatic heterocycles. The van der Waals surface area contributed by atoms with Crippen molar-refractivity contribution >= 4 is 11.6 Å². The Bertz CT molecular complexity index is 449. The smallest absolute Gasteiger partial charge is 0.314 e. The molecule has 0 unspecified atom stereocenters. The third-order valence-electron chi connectivity index (χ3n) is 1.82. The maximum Gasteiger partial charge on any atom is 0.314 e. The number of benzene rings is 1. The lowest BCUT2D eigenvalue weighted by atomic mass is 10.1. The molecule has 0 fully saturated rings. The van der Waals surface area contributed by atoms with Gasteiger partial charge in [0.25, 0.3) is 5.91 Å². The van der Waals surface area contributed by atoms with Gasteiger partial charge in [0.1, 0.15) is 0 Å². The van der Waals surface area contributed by atoms with E-state index in [9.17, 15) is 19.3 Å². The molecule has 0 saturated carbocycles. The molecular formula is C8H8FN3O4. The van der Waals surface area contributed by atoms with Gasteiger partial charge >= 0.3 is 5.69 Å². The molecule has 0 aliphatic rings. The van der Waals surface area contributed by atoms with Gasteiger partial charge in [-0.05, 0) is 6.07 Å². The second kappa shape index (κ2) is 4.53. The molecule has 0 heterocycles.